The first kappa shape index (κ1) is 18.7. The summed E-state index contributed by atoms with van der Waals surface area (Å²) in [5.41, 5.74) is 2.32. The van der Waals surface area contributed by atoms with Crippen molar-refractivity contribution in [3.63, 3.8) is 0 Å². The molecule has 2 aromatic rings. The molecule has 0 aliphatic carbocycles. The Bertz CT molecular complexity index is 900. The third-order valence-corrected chi connectivity index (χ3v) is 4.60. The van der Waals surface area contributed by atoms with Crippen LogP contribution in [0.2, 0.25) is 5.02 Å². The van der Waals surface area contributed by atoms with E-state index in [2.05, 4.69) is 10.7 Å². The second-order valence-electron chi connectivity index (χ2n) is 6.27. The van der Waals surface area contributed by atoms with Crippen LogP contribution in [-0.4, -0.2) is 30.0 Å². The van der Waals surface area contributed by atoms with Crippen LogP contribution in [0, 0.1) is 0 Å². The molecular formula is C19H18ClN3O4. The Morgan fingerprint density at radius 2 is 1.93 bits per heavy atom. The van der Waals surface area contributed by atoms with E-state index < -0.39 is 23.4 Å². The lowest BCUT2D eigenvalue weighted by molar-refractivity contribution is -0.138. The molecule has 0 bridgehead atoms. The van der Waals surface area contributed by atoms with Gasteiger partial charge in [-0.05, 0) is 42.3 Å². The molecule has 0 spiro atoms. The van der Waals surface area contributed by atoms with Gasteiger partial charge < -0.3 is 10.1 Å². The summed E-state index contributed by atoms with van der Waals surface area (Å²) in [5.74, 6) is -0.512. The van der Waals surface area contributed by atoms with Gasteiger partial charge in [0.1, 0.15) is 11.3 Å². The van der Waals surface area contributed by atoms with Gasteiger partial charge in [-0.15, -0.1) is 0 Å². The lowest BCUT2D eigenvalue weighted by Crippen LogP contribution is -2.48. The monoisotopic (exact) mass is 387 g/mol. The number of hydrazine groups is 1. The third kappa shape index (κ3) is 3.73. The Labute approximate surface area is 161 Å². The molecule has 1 aliphatic heterocycles. The van der Waals surface area contributed by atoms with Crippen LogP contribution in [-0.2, 0) is 21.5 Å². The topological polar surface area (TPSA) is 87.7 Å². The number of hydrogen-bond donors (Lipinski definition) is 2. The van der Waals surface area contributed by atoms with Crippen molar-refractivity contribution in [2.24, 2.45) is 0 Å². The first-order chi connectivity index (χ1) is 12.8. The van der Waals surface area contributed by atoms with Crippen molar-refractivity contribution in [2.75, 3.05) is 7.11 Å². The van der Waals surface area contributed by atoms with E-state index in [9.17, 15) is 14.4 Å². The maximum Gasteiger partial charge on any atom is 0.344 e. The van der Waals surface area contributed by atoms with E-state index in [4.69, 9.17) is 16.3 Å². The first-order valence-corrected chi connectivity index (χ1v) is 8.56. The molecule has 2 N–H and O–H groups in total. The normalized spacial score (nSPS) is 19.0. The van der Waals surface area contributed by atoms with Gasteiger partial charge >= 0.3 is 6.03 Å². The molecule has 0 unspecified atom stereocenters. The number of carbonyl (C=O) groups excluding carboxylic acids is 3. The van der Waals surface area contributed by atoms with E-state index in [0.29, 0.717) is 26.9 Å². The number of halogens is 1. The lowest BCUT2D eigenvalue weighted by Gasteiger charge is -2.22. The Kier molecular flexibility index (Phi) is 5.05. The van der Waals surface area contributed by atoms with Gasteiger partial charge in [0.15, 0.2) is 0 Å². The highest BCUT2D eigenvalue weighted by molar-refractivity contribution is 6.30. The molecule has 4 amide bonds. The minimum atomic E-state index is -1.31. The number of urea groups is 1. The molecule has 1 saturated heterocycles. The van der Waals surface area contributed by atoms with Gasteiger partial charge in [-0.3, -0.25) is 15.0 Å². The fraction of sp³-hybridized carbons (Fsp3) is 0.211. The van der Waals surface area contributed by atoms with Gasteiger partial charge in [0.2, 0.25) is 5.91 Å². The van der Waals surface area contributed by atoms with E-state index in [-0.39, 0.29) is 6.42 Å². The molecule has 2 aromatic carbocycles. The summed E-state index contributed by atoms with van der Waals surface area (Å²) >= 11 is 5.82. The van der Waals surface area contributed by atoms with E-state index in [1.165, 1.54) is 7.11 Å². The highest BCUT2D eigenvalue weighted by atomic mass is 35.5. The van der Waals surface area contributed by atoms with Crippen LogP contribution in [0.5, 0.6) is 5.75 Å². The number of nitrogens with zero attached hydrogens (tertiary/aromatic N) is 1. The summed E-state index contributed by atoms with van der Waals surface area (Å²) in [5, 5.41) is 3.89. The molecule has 1 atom stereocenters. The fourth-order valence-corrected chi connectivity index (χ4v) is 2.95. The minimum Gasteiger partial charge on any atom is -0.497 e. The number of amides is 4. The first-order valence-electron chi connectivity index (χ1n) is 8.18. The lowest BCUT2D eigenvalue weighted by atomic mass is 9.92. The molecule has 1 fully saturated rings. The average molecular weight is 388 g/mol. The van der Waals surface area contributed by atoms with Crippen LogP contribution in [0.4, 0.5) is 4.79 Å². The van der Waals surface area contributed by atoms with Gasteiger partial charge in [0, 0.05) is 5.02 Å². The number of hydrogen-bond acceptors (Lipinski definition) is 4. The van der Waals surface area contributed by atoms with Crippen LogP contribution in [0.25, 0.3) is 0 Å². The van der Waals surface area contributed by atoms with Crippen LogP contribution in [0.1, 0.15) is 18.1 Å². The molecule has 0 saturated carbocycles. The number of nitrogens with one attached hydrogen (secondary N) is 2. The van der Waals surface area contributed by atoms with Crippen molar-refractivity contribution in [1.29, 1.82) is 0 Å². The van der Waals surface area contributed by atoms with Crippen molar-refractivity contribution in [2.45, 2.75) is 18.9 Å². The van der Waals surface area contributed by atoms with Gasteiger partial charge in [-0.25, -0.2) is 4.79 Å². The average Bonchev–Trinajstić information content (AvgIpc) is 2.88. The number of methoxy groups -OCH3 is 1. The molecule has 1 aliphatic rings. The Morgan fingerprint density at radius 1 is 1.22 bits per heavy atom. The zero-order chi connectivity index (χ0) is 19.6. The largest absolute Gasteiger partial charge is 0.497 e. The van der Waals surface area contributed by atoms with Crippen LogP contribution in [0.3, 0.4) is 0 Å². The smallest absolute Gasteiger partial charge is 0.344 e. The predicted molar refractivity (Wildman–Crippen MR) is 99.0 cm³/mol. The number of rotatable bonds is 5. The molecule has 7 nitrogen and oxygen atoms in total. The molecular weight excluding hydrogens is 370 g/mol. The summed E-state index contributed by atoms with van der Waals surface area (Å²) in [6, 6.07) is 12.9. The number of benzene rings is 2. The van der Waals surface area contributed by atoms with Crippen LogP contribution < -0.4 is 15.5 Å². The quantitative estimate of drug-likeness (QED) is 0.771. The molecule has 27 heavy (non-hydrogen) atoms. The highest BCUT2D eigenvalue weighted by Gasteiger charge is 2.50. The van der Waals surface area contributed by atoms with E-state index in [0.717, 1.165) is 0 Å². The van der Waals surface area contributed by atoms with E-state index >= 15 is 0 Å². The second kappa shape index (κ2) is 7.28. The van der Waals surface area contributed by atoms with Gasteiger partial charge in [0.05, 0.1) is 13.5 Å². The molecule has 3 rings (SSSR count). The number of carbonyl (C=O) groups is 3. The Hall–Kier alpha value is -3.06. The summed E-state index contributed by atoms with van der Waals surface area (Å²) in [7, 11) is 1.51. The van der Waals surface area contributed by atoms with Crippen LogP contribution >= 0.6 is 11.6 Å². The molecule has 0 aromatic heterocycles. The van der Waals surface area contributed by atoms with Crippen molar-refractivity contribution < 1.29 is 19.1 Å². The van der Waals surface area contributed by atoms with E-state index in [1.807, 2.05) is 0 Å². The zero-order valence-corrected chi connectivity index (χ0v) is 15.5. The number of imide groups is 1. The van der Waals surface area contributed by atoms with Crippen molar-refractivity contribution in [3.05, 3.63) is 64.7 Å². The van der Waals surface area contributed by atoms with Crippen molar-refractivity contribution in [3.8, 4) is 5.75 Å². The second-order valence-corrected chi connectivity index (χ2v) is 6.70. The van der Waals surface area contributed by atoms with Gasteiger partial charge in [-0.1, -0.05) is 35.9 Å². The van der Waals surface area contributed by atoms with Gasteiger partial charge in [-0.2, -0.15) is 5.01 Å². The van der Waals surface area contributed by atoms with E-state index in [1.54, 1.807) is 55.5 Å². The maximum atomic E-state index is 12.8. The molecule has 8 heteroatoms. The standard InChI is InChI=1S/C19H18ClN3O4/c1-19(13-4-3-5-15(11-13)27-2)17(25)23(18(26)21-19)22-16(24)10-12-6-8-14(20)9-7-12/h3-9,11H,10H2,1-2H3,(H,21,26)(H,22,24)/t19-/m1/s1. The molecule has 1 heterocycles. The molecule has 140 valence electrons. The highest BCUT2D eigenvalue weighted by Crippen LogP contribution is 2.30. The van der Waals surface area contributed by atoms with Crippen molar-refractivity contribution in [1.82, 2.24) is 15.8 Å². The summed E-state index contributed by atoms with van der Waals surface area (Å²) in [6.07, 6.45) is 0.00407. The summed E-state index contributed by atoms with van der Waals surface area (Å²) < 4.78 is 5.17. The van der Waals surface area contributed by atoms with Crippen LogP contribution in [0.15, 0.2) is 48.5 Å². The Balaban J connectivity index is 1.75. The summed E-state index contributed by atoms with van der Waals surface area (Å²) in [4.78, 5) is 37.4. The maximum absolute atomic E-state index is 12.8. The van der Waals surface area contributed by atoms with Crippen molar-refractivity contribution >= 4 is 29.4 Å². The SMILES string of the molecule is COc1cccc([C@@]2(C)NC(=O)N(NC(=O)Cc3ccc(Cl)cc3)C2=O)c1. The minimum absolute atomic E-state index is 0.00407. The fourth-order valence-electron chi connectivity index (χ4n) is 2.82. The summed E-state index contributed by atoms with van der Waals surface area (Å²) in [6.45, 7) is 1.58. The number of ether oxygens (including phenoxy) is 1. The molecule has 0 radical (unpaired) electrons. The van der Waals surface area contributed by atoms with Gasteiger partial charge in [0.25, 0.3) is 5.91 Å². The predicted octanol–water partition coefficient (Wildman–Crippen LogP) is 2.39. The zero-order valence-electron chi connectivity index (χ0n) is 14.8. The third-order valence-electron chi connectivity index (χ3n) is 4.35. The Morgan fingerprint density at radius 3 is 2.59 bits per heavy atom.